The largest absolute Gasteiger partial charge is 0.293 e. The van der Waals surface area contributed by atoms with Crippen molar-refractivity contribution in [3.05, 3.63) is 113 Å². The predicted octanol–water partition coefficient (Wildman–Crippen LogP) is 6.93. The average Bonchev–Trinajstić information content (AvgIpc) is 3.73. The monoisotopic (exact) mass is 646 g/mol. The van der Waals surface area contributed by atoms with Crippen LogP contribution in [0.2, 0.25) is 0 Å². The van der Waals surface area contributed by atoms with Gasteiger partial charge in [0.05, 0.1) is 40.1 Å². The summed E-state index contributed by atoms with van der Waals surface area (Å²) in [6, 6.07) is 24.7. The third kappa shape index (κ3) is 4.47. The van der Waals surface area contributed by atoms with Crippen LogP contribution in [0.5, 0.6) is 0 Å². The highest BCUT2D eigenvalue weighted by atomic mass is 16.1. The summed E-state index contributed by atoms with van der Waals surface area (Å²) >= 11 is 0. The second-order valence-electron chi connectivity index (χ2n) is 14.9. The highest BCUT2D eigenvalue weighted by Crippen LogP contribution is 2.57. The van der Waals surface area contributed by atoms with Crippen LogP contribution < -0.4 is 0 Å². The van der Waals surface area contributed by atoms with E-state index in [1.807, 2.05) is 71.6 Å². The van der Waals surface area contributed by atoms with Gasteiger partial charge in [-0.3, -0.25) is 14.3 Å². The number of rotatable bonds is 5. The Hall–Kier alpha value is -5.34. The van der Waals surface area contributed by atoms with Gasteiger partial charge in [0, 0.05) is 40.3 Å². The number of nitrogens with zero attached hydrogens (tertiary/aromatic N) is 6. The fourth-order valence-electron chi connectivity index (χ4n) is 9.73. The third-order valence-corrected chi connectivity index (χ3v) is 12.2. The molecule has 0 saturated carbocycles. The van der Waals surface area contributed by atoms with Gasteiger partial charge in [-0.1, -0.05) is 81.5 Å². The maximum atomic E-state index is 14.4. The number of carbonyl (C=O) groups is 2. The maximum absolute atomic E-state index is 14.4. The van der Waals surface area contributed by atoms with E-state index >= 15 is 0 Å². The highest BCUT2D eigenvalue weighted by Gasteiger charge is 2.57. The van der Waals surface area contributed by atoms with E-state index in [0.717, 1.165) is 65.1 Å². The number of fused-ring (bicyclic) bond motifs is 6. The number of Topliss-reactive ketones (excluding diaryl/α,β-unsaturated/α-hetero) is 2. The van der Waals surface area contributed by atoms with Crippen molar-refractivity contribution < 1.29 is 9.59 Å². The SMILES string of the molecule is CC1(CCn2nc3c(c2-c2ccccc2)CC[C@H]2CC(=O)C(C#N)=C[C@]32C)C(=O)C(C#N)=C[C@]2(C)c3c(cnn3-c3ccccc3)CC[C@@H]12. The Bertz CT molecular complexity index is 2180. The molecule has 0 radical (unpaired) electrons. The first-order valence-electron chi connectivity index (χ1n) is 17.2. The van der Waals surface area contributed by atoms with Gasteiger partial charge in [-0.15, -0.1) is 0 Å². The van der Waals surface area contributed by atoms with Crippen molar-refractivity contribution in [3.63, 3.8) is 0 Å². The van der Waals surface area contributed by atoms with Crippen LogP contribution in [0.1, 0.15) is 69.0 Å². The topological polar surface area (TPSA) is 117 Å². The molecule has 0 amide bonds. The normalized spacial score (nSPS) is 28.6. The Labute approximate surface area is 286 Å². The molecule has 0 spiro atoms. The molecule has 0 N–H and O–H groups in total. The van der Waals surface area contributed by atoms with Crippen molar-refractivity contribution in [2.45, 2.75) is 76.7 Å². The number of aryl methyl sites for hydroxylation is 2. The molecular weight excluding hydrogens is 608 g/mol. The van der Waals surface area contributed by atoms with Gasteiger partial charge >= 0.3 is 0 Å². The lowest BCUT2D eigenvalue weighted by Crippen LogP contribution is -2.53. The lowest BCUT2D eigenvalue weighted by molar-refractivity contribution is -0.130. The Kier molecular flexibility index (Phi) is 7.02. The van der Waals surface area contributed by atoms with Crippen LogP contribution in [0, 0.1) is 39.9 Å². The van der Waals surface area contributed by atoms with Crippen molar-refractivity contribution in [1.29, 1.82) is 10.5 Å². The molecule has 2 aromatic carbocycles. The minimum atomic E-state index is -0.837. The molecule has 8 rings (SSSR count). The summed E-state index contributed by atoms with van der Waals surface area (Å²) in [5, 5.41) is 30.2. The second-order valence-corrected chi connectivity index (χ2v) is 14.9. The Morgan fingerprint density at radius 2 is 1.57 bits per heavy atom. The Balaban J connectivity index is 1.23. The summed E-state index contributed by atoms with van der Waals surface area (Å²) < 4.78 is 4.06. The summed E-state index contributed by atoms with van der Waals surface area (Å²) in [4.78, 5) is 27.1. The zero-order valence-corrected chi connectivity index (χ0v) is 28.1. The van der Waals surface area contributed by atoms with Crippen LogP contribution in [0.3, 0.4) is 0 Å². The van der Waals surface area contributed by atoms with Crippen molar-refractivity contribution in [1.82, 2.24) is 19.6 Å². The molecule has 244 valence electrons. The first-order chi connectivity index (χ1) is 23.6. The van der Waals surface area contributed by atoms with Crippen LogP contribution in [0.15, 0.2) is 90.2 Å². The van der Waals surface area contributed by atoms with Crippen molar-refractivity contribution in [2.75, 3.05) is 0 Å². The number of hydrogen-bond acceptors (Lipinski definition) is 6. The molecular formula is C41H38N6O2. The van der Waals surface area contributed by atoms with Gasteiger partial charge in [0.2, 0.25) is 0 Å². The summed E-state index contributed by atoms with van der Waals surface area (Å²) in [6.07, 6.45) is 9.78. The lowest BCUT2D eigenvalue weighted by Gasteiger charge is -2.51. The minimum Gasteiger partial charge on any atom is -0.293 e. The van der Waals surface area contributed by atoms with E-state index in [0.29, 0.717) is 19.4 Å². The molecule has 5 atom stereocenters. The molecule has 1 unspecified atom stereocenters. The maximum Gasteiger partial charge on any atom is 0.179 e. The van der Waals surface area contributed by atoms with E-state index in [1.165, 1.54) is 0 Å². The number of carbonyl (C=O) groups excluding carboxylic acids is 2. The van der Waals surface area contributed by atoms with E-state index in [1.54, 1.807) is 0 Å². The molecule has 2 aromatic heterocycles. The molecule has 4 aliphatic rings. The molecule has 49 heavy (non-hydrogen) atoms. The molecule has 8 heteroatoms. The number of ketones is 2. The second kappa shape index (κ2) is 11.1. The van der Waals surface area contributed by atoms with Gasteiger partial charge in [-0.25, -0.2) is 4.68 Å². The molecule has 0 saturated heterocycles. The number of benzene rings is 2. The number of hydrogen-bond donors (Lipinski definition) is 0. The predicted molar refractivity (Wildman–Crippen MR) is 184 cm³/mol. The smallest absolute Gasteiger partial charge is 0.179 e. The van der Waals surface area contributed by atoms with Crippen LogP contribution in [0.4, 0.5) is 0 Å². The van der Waals surface area contributed by atoms with Gasteiger partial charge in [0.15, 0.2) is 11.6 Å². The number of aromatic nitrogens is 4. The quantitative estimate of drug-likeness (QED) is 0.232. The summed E-state index contributed by atoms with van der Waals surface area (Å²) in [5.41, 5.74) is 5.73. The fraction of sp³-hybridized carbons (Fsp3) is 0.366. The van der Waals surface area contributed by atoms with Crippen LogP contribution in [-0.2, 0) is 39.8 Å². The molecule has 8 nitrogen and oxygen atoms in total. The summed E-state index contributed by atoms with van der Waals surface area (Å²) in [7, 11) is 0. The van der Waals surface area contributed by atoms with Gasteiger partial charge in [-0.2, -0.15) is 20.7 Å². The Morgan fingerprint density at radius 3 is 2.29 bits per heavy atom. The molecule has 4 aliphatic carbocycles. The van der Waals surface area contributed by atoms with Crippen LogP contribution in [0.25, 0.3) is 16.9 Å². The molecule has 0 bridgehead atoms. The standard InChI is InChI=1S/C41H38N6O2/c1-39(34-17-14-27-25-44-47(31-12-8-5-9-13-31)37(27)41(34,3)22-29(24-43)38(39)49)18-19-46-35(26-10-6-4-7-11-26)32-16-15-30-20-33(48)28(23-42)21-40(30,2)36(32)45-46/h4-13,21-22,25,30,34H,14-20H2,1-3H3/t30-,34-,39?,40-,41-/m0/s1. The van der Waals surface area contributed by atoms with E-state index in [2.05, 4.69) is 49.7 Å². The van der Waals surface area contributed by atoms with Gasteiger partial charge in [-0.05, 0) is 61.6 Å². The van der Waals surface area contributed by atoms with Crippen molar-refractivity contribution >= 4 is 11.6 Å². The molecule has 0 aliphatic heterocycles. The van der Waals surface area contributed by atoms with E-state index in [4.69, 9.17) is 10.2 Å². The van der Waals surface area contributed by atoms with Crippen LogP contribution >= 0.6 is 0 Å². The molecule has 0 fully saturated rings. The zero-order chi connectivity index (χ0) is 34.1. The lowest BCUT2D eigenvalue weighted by atomic mass is 9.51. The van der Waals surface area contributed by atoms with E-state index in [9.17, 15) is 20.1 Å². The fourth-order valence-corrected chi connectivity index (χ4v) is 9.73. The van der Waals surface area contributed by atoms with Gasteiger partial charge in [0.25, 0.3) is 0 Å². The minimum absolute atomic E-state index is 0.0611. The van der Waals surface area contributed by atoms with Gasteiger partial charge < -0.3 is 0 Å². The van der Waals surface area contributed by atoms with Gasteiger partial charge in [0.1, 0.15) is 12.1 Å². The molecule has 4 aromatic rings. The summed E-state index contributed by atoms with van der Waals surface area (Å²) in [5.74, 6) is -0.184. The molecule has 2 heterocycles. The zero-order valence-electron chi connectivity index (χ0n) is 28.1. The van der Waals surface area contributed by atoms with E-state index < -0.39 is 16.2 Å². The number of nitriles is 2. The third-order valence-electron chi connectivity index (χ3n) is 12.2. The summed E-state index contributed by atoms with van der Waals surface area (Å²) in [6.45, 7) is 6.81. The first kappa shape index (κ1) is 31.0. The van der Waals surface area contributed by atoms with Crippen LogP contribution in [-0.4, -0.2) is 31.1 Å². The Morgan fingerprint density at radius 1 is 0.878 bits per heavy atom. The van der Waals surface area contributed by atoms with Crippen molar-refractivity contribution in [3.8, 4) is 29.1 Å². The average molecular weight is 647 g/mol. The van der Waals surface area contributed by atoms with Crippen molar-refractivity contribution in [2.24, 2.45) is 17.3 Å². The first-order valence-corrected chi connectivity index (χ1v) is 17.2. The highest BCUT2D eigenvalue weighted by molar-refractivity contribution is 6.04. The van der Waals surface area contributed by atoms with E-state index in [-0.39, 0.29) is 34.5 Å². The number of allylic oxidation sites excluding steroid dienone is 4. The number of para-hydroxylation sites is 1.